The zero-order chi connectivity index (χ0) is 50.6. The molecule has 3 unspecified atom stereocenters. The van der Waals surface area contributed by atoms with E-state index in [0.29, 0.717) is 17.4 Å². The maximum absolute atomic E-state index is 12.9. The fourth-order valence-corrected chi connectivity index (χ4v) is 8.61. The third kappa shape index (κ3) is 53.3. The number of rotatable bonds is 51. The first-order valence-electron chi connectivity index (χ1n) is 28.4. The highest BCUT2D eigenvalue weighted by Gasteiger charge is 2.23. The Kier molecular flexibility index (Phi) is 48.9. The number of likely N-dealkylation sites (N-methyl/N-ethyl adjacent to an activating group) is 1. The molecule has 8 nitrogen and oxygen atoms in total. The number of allylic oxidation sites excluding steroid dienone is 13. The van der Waals surface area contributed by atoms with Gasteiger partial charge in [0.15, 0.2) is 0 Å². The number of nitrogens with zero attached hydrogens (tertiary/aromatic N) is 1. The standard InChI is InChI=1S/C60H109N2O6P/c1-6-8-10-12-14-16-18-20-22-23-24-25-26-27-28-29-30-31-32-33-34-35-36-37-38-40-41-43-45-47-49-51-53-59(63)58(57-68-69(65,66)67-56-55-62(3,4)5)61-60(64)54-52-50-48-46-44-42-39-21-19-17-15-13-11-9-7-2/h9,11,15,17,21,37-39,43-46,51,53,58-59,63H,6-8,10,12-14,16,18-20,22-36,40-42,47-50,52,54-57H2,1-5H3,(H-,61,64,65,66)/b11-9-,17-15-,38-37+,39-21-,45-43+,46-44-,53-51+. The molecule has 0 aliphatic rings. The van der Waals surface area contributed by atoms with E-state index in [2.05, 4.69) is 92.1 Å². The highest BCUT2D eigenvalue weighted by atomic mass is 31.2. The third-order valence-corrected chi connectivity index (χ3v) is 13.3. The Labute approximate surface area is 426 Å². The minimum absolute atomic E-state index is 0.0213. The average Bonchev–Trinajstić information content (AvgIpc) is 3.31. The number of carbonyl (C=O) groups excluding carboxylic acids is 1. The van der Waals surface area contributed by atoms with Crippen molar-refractivity contribution in [3.63, 3.8) is 0 Å². The van der Waals surface area contributed by atoms with Crippen molar-refractivity contribution >= 4 is 13.7 Å². The van der Waals surface area contributed by atoms with Crippen LogP contribution in [-0.4, -0.2) is 68.5 Å². The van der Waals surface area contributed by atoms with Crippen molar-refractivity contribution in [2.24, 2.45) is 0 Å². The molecule has 2 N–H and O–H groups in total. The van der Waals surface area contributed by atoms with E-state index in [1.807, 2.05) is 27.2 Å². The zero-order valence-electron chi connectivity index (χ0n) is 45.5. The molecular formula is C60H109N2O6P. The van der Waals surface area contributed by atoms with Gasteiger partial charge in [-0.15, -0.1) is 0 Å². The Morgan fingerprint density at radius 1 is 0.522 bits per heavy atom. The number of hydrogen-bond donors (Lipinski definition) is 2. The van der Waals surface area contributed by atoms with Gasteiger partial charge in [-0.1, -0.05) is 234 Å². The van der Waals surface area contributed by atoms with Crippen LogP contribution in [0.25, 0.3) is 0 Å². The summed E-state index contributed by atoms with van der Waals surface area (Å²) >= 11 is 0. The number of aliphatic hydroxyl groups excluding tert-OH is 1. The molecule has 0 aliphatic heterocycles. The van der Waals surface area contributed by atoms with E-state index >= 15 is 0 Å². The molecule has 0 fully saturated rings. The van der Waals surface area contributed by atoms with Gasteiger partial charge in [-0.05, 0) is 83.5 Å². The largest absolute Gasteiger partial charge is 0.756 e. The molecule has 9 heteroatoms. The summed E-state index contributed by atoms with van der Waals surface area (Å²) in [7, 11) is 1.20. The van der Waals surface area contributed by atoms with Gasteiger partial charge >= 0.3 is 0 Å². The average molecular weight is 986 g/mol. The van der Waals surface area contributed by atoms with Gasteiger partial charge < -0.3 is 28.8 Å². The molecule has 0 aliphatic carbocycles. The summed E-state index contributed by atoms with van der Waals surface area (Å²) in [6.07, 6.45) is 71.2. The first-order chi connectivity index (χ1) is 33.5. The molecule has 0 spiro atoms. The van der Waals surface area contributed by atoms with E-state index in [1.54, 1.807) is 6.08 Å². The first kappa shape index (κ1) is 66.7. The van der Waals surface area contributed by atoms with Crippen LogP contribution < -0.4 is 10.2 Å². The van der Waals surface area contributed by atoms with Crippen LogP contribution >= 0.6 is 7.82 Å². The normalized spacial score (nSPS) is 14.6. The topological polar surface area (TPSA) is 108 Å². The number of amides is 1. The second kappa shape index (κ2) is 50.6. The molecule has 0 aromatic carbocycles. The Hall–Kier alpha value is -2.32. The fraction of sp³-hybridized carbons (Fsp3) is 0.750. The van der Waals surface area contributed by atoms with Crippen molar-refractivity contribution in [1.82, 2.24) is 5.32 Å². The number of unbranched alkanes of at least 4 members (excludes halogenated alkanes) is 26. The van der Waals surface area contributed by atoms with Gasteiger partial charge in [0.2, 0.25) is 5.91 Å². The Morgan fingerprint density at radius 2 is 0.899 bits per heavy atom. The van der Waals surface area contributed by atoms with Crippen molar-refractivity contribution in [3.8, 4) is 0 Å². The number of phosphoric acid groups is 1. The molecule has 0 rings (SSSR count). The molecule has 0 aromatic rings. The lowest BCUT2D eigenvalue weighted by Crippen LogP contribution is -2.45. The summed E-state index contributed by atoms with van der Waals surface area (Å²) in [5.41, 5.74) is 0. The van der Waals surface area contributed by atoms with Gasteiger partial charge in [-0.25, -0.2) is 0 Å². The molecule has 0 radical (unpaired) electrons. The second-order valence-corrected chi connectivity index (χ2v) is 21.7. The smallest absolute Gasteiger partial charge is 0.268 e. The summed E-state index contributed by atoms with van der Waals surface area (Å²) in [6, 6.07) is -0.937. The lowest BCUT2D eigenvalue weighted by molar-refractivity contribution is -0.870. The number of nitrogens with one attached hydrogen (secondary N) is 1. The number of carbonyl (C=O) groups is 1. The van der Waals surface area contributed by atoms with E-state index in [0.717, 1.165) is 64.2 Å². The molecule has 3 atom stereocenters. The highest BCUT2D eigenvalue weighted by molar-refractivity contribution is 7.45. The molecule has 0 heterocycles. The van der Waals surface area contributed by atoms with Crippen LogP contribution in [0.15, 0.2) is 85.1 Å². The Bertz CT molecular complexity index is 1400. The van der Waals surface area contributed by atoms with E-state index in [4.69, 9.17) is 9.05 Å². The highest BCUT2D eigenvalue weighted by Crippen LogP contribution is 2.38. The predicted octanol–water partition coefficient (Wildman–Crippen LogP) is 16.6. The Balaban J connectivity index is 4.23. The van der Waals surface area contributed by atoms with Crippen molar-refractivity contribution in [3.05, 3.63) is 85.1 Å². The quantitative estimate of drug-likeness (QED) is 0.0272. The van der Waals surface area contributed by atoms with E-state index in [1.165, 1.54) is 148 Å². The summed E-state index contributed by atoms with van der Waals surface area (Å²) in [5, 5.41) is 13.8. The van der Waals surface area contributed by atoms with Gasteiger partial charge in [0.25, 0.3) is 7.82 Å². The monoisotopic (exact) mass is 985 g/mol. The van der Waals surface area contributed by atoms with E-state index < -0.39 is 26.6 Å². The van der Waals surface area contributed by atoms with Crippen LogP contribution in [0.1, 0.15) is 239 Å². The number of phosphoric ester groups is 1. The van der Waals surface area contributed by atoms with E-state index in [9.17, 15) is 19.4 Å². The minimum atomic E-state index is -4.62. The fourth-order valence-electron chi connectivity index (χ4n) is 7.88. The molecular weight excluding hydrogens is 876 g/mol. The second-order valence-electron chi connectivity index (χ2n) is 20.2. The van der Waals surface area contributed by atoms with E-state index in [-0.39, 0.29) is 18.9 Å². The maximum atomic E-state index is 12.9. The summed E-state index contributed by atoms with van der Waals surface area (Å²) in [4.78, 5) is 25.4. The van der Waals surface area contributed by atoms with Crippen LogP contribution in [-0.2, 0) is 18.4 Å². The molecule has 0 saturated carbocycles. The lowest BCUT2D eigenvalue weighted by Gasteiger charge is -2.29. The van der Waals surface area contributed by atoms with Gasteiger partial charge in [-0.2, -0.15) is 0 Å². The molecule has 400 valence electrons. The molecule has 1 amide bonds. The van der Waals surface area contributed by atoms with Gasteiger partial charge in [0.05, 0.1) is 39.9 Å². The lowest BCUT2D eigenvalue weighted by atomic mass is 10.0. The minimum Gasteiger partial charge on any atom is -0.756 e. The van der Waals surface area contributed by atoms with Crippen LogP contribution in [0.2, 0.25) is 0 Å². The summed E-state index contributed by atoms with van der Waals surface area (Å²) in [6.45, 7) is 4.47. The number of quaternary nitrogens is 1. The molecule has 0 aromatic heterocycles. The summed E-state index contributed by atoms with van der Waals surface area (Å²) < 4.78 is 23.2. The summed E-state index contributed by atoms with van der Waals surface area (Å²) in [5.74, 6) is -0.254. The van der Waals surface area contributed by atoms with Gasteiger partial charge in [0.1, 0.15) is 13.2 Å². The predicted molar refractivity (Wildman–Crippen MR) is 297 cm³/mol. The van der Waals surface area contributed by atoms with Crippen molar-refractivity contribution in [1.29, 1.82) is 0 Å². The van der Waals surface area contributed by atoms with Crippen LogP contribution in [0.3, 0.4) is 0 Å². The maximum Gasteiger partial charge on any atom is 0.268 e. The Morgan fingerprint density at radius 3 is 1.35 bits per heavy atom. The van der Waals surface area contributed by atoms with Crippen LogP contribution in [0.5, 0.6) is 0 Å². The van der Waals surface area contributed by atoms with Gasteiger partial charge in [0, 0.05) is 6.42 Å². The van der Waals surface area contributed by atoms with Crippen LogP contribution in [0, 0.1) is 0 Å². The number of aliphatic hydroxyl groups is 1. The molecule has 0 bridgehead atoms. The van der Waals surface area contributed by atoms with Crippen molar-refractivity contribution in [2.45, 2.75) is 251 Å². The SMILES string of the molecule is CC/C=C\C/C=C\C/C=C\C/C=C\CCCCC(=O)NC(COP(=O)([O-])OCC[N+](C)(C)C)C(O)/C=C/CC/C=C/CC/C=C/CCCCCCCCCCCCCCCCCCCCCCCC. The molecule has 0 saturated heterocycles. The van der Waals surface area contributed by atoms with Crippen molar-refractivity contribution < 1.29 is 32.9 Å². The first-order valence-corrected chi connectivity index (χ1v) is 29.9. The third-order valence-electron chi connectivity index (χ3n) is 12.3. The number of hydrogen-bond acceptors (Lipinski definition) is 6. The molecule has 69 heavy (non-hydrogen) atoms. The van der Waals surface area contributed by atoms with Crippen LogP contribution in [0.4, 0.5) is 0 Å². The van der Waals surface area contributed by atoms with Gasteiger partial charge in [-0.3, -0.25) is 9.36 Å². The zero-order valence-corrected chi connectivity index (χ0v) is 46.4. The van der Waals surface area contributed by atoms with Crippen molar-refractivity contribution in [2.75, 3.05) is 40.9 Å².